The van der Waals surface area contributed by atoms with Gasteiger partial charge in [0.25, 0.3) is 11.8 Å². The van der Waals surface area contributed by atoms with Crippen molar-refractivity contribution in [2.24, 2.45) is 15.9 Å². The minimum absolute atomic E-state index is 0.0580. The first kappa shape index (κ1) is 24.8. The number of carbonyl (C=O) groups excluding carboxylic acids is 4. The van der Waals surface area contributed by atoms with Gasteiger partial charge in [0.15, 0.2) is 0 Å². The Balaban J connectivity index is 1.47. The lowest BCUT2D eigenvalue weighted by molar-refractivity contribution is -0.136. The molecule has 1 aromatic carbocycles. The Morgan fingerprint density at radius 1 is 1.28 bits per heavy atom. The molecule has 12 heteroatoms. The van der Waals surface area contributed by atoms with Gasteiger partial charge in [-0.2, -0.15) is 5.10 Å². The fraction of sp³-hybridized carbons (Fsp3) is 0.375. The molecular formula is C24H27N7O5. The standard InChI is InChI=1S/C24H27N7O5/c1-13-16(14(2)36-29-13)9-10-26-11-15(28-25)12-30(3)18-6-4-5-17-21(18)24(35)31(23(17)34)19-7-8-20(32)27-22(19)33/h4-6,11,19H,7-10,12,25H2,1-3H3,(H,27,32,33)/b26-11?,28-15+. The van der Waals surface area contributed by atoms with E-state index in [-0.39, 0.29) is 30.5 Å². The van der Waals surface area contributed by atoms with Crippen molar-refractivity contribution < 1.29 is 23.7 Å². The van der Waals surface area contributed by atoms with Gasteiger partial charge in [-0.05, 0) is 38.8 Å². The molecule has 36 heavy (non-hydrogen) atoms. The summed E-state index contributed by atoms with van der Waals surface area (Å²) in [5, 5.41) is 9.93. The van der Waals surface area contributed by atoms with Gasteiger partial charge in [0.1, 0.15) is 11.8 Å². The number of anilines is 1. The predicted molar refractivity (Wildman–Crippen MR) is 131 cm³/mol. The molecule has 2 aliphatic heterocycles. The maximum Gasteiger partial charge on any atom is 0.264 e. The topological polar surface area (TPSA) is 164 Å². The van der Waals surface area contributed by atoms with E-state index in [4.69, 9.17) is 10.4 Å². The van der Waals surface area contributed by atoms with Crippen LogP contribution < -0.4 is 16.1 Å². The van der Waals surface area contributed by atoms with Gasteiger partial charge >= 0.3 is 0 Å². The molecular weight excluding hydrogens is 466 g/mol. The van der Waals surface area contributed by atoms with Crippen LogP contribution >= 0.6 is 0 Å². The van der Waals surface area contributed by atoms with E-state index >= 15 is 0 Å². The molecule has 188 valence electrons. The van der Waals surface area contributed by atoms with Gasteiger partial charge < -0.3 is 15.3 Å². The summed E-state index contributed by atoms with van der Waals surface area (Å²) in [4.78, 5) is 57.3. The number of hydrogen-bond acceptors (Lipinski definition) is 10. The number of aliphatic imine (C=N–C) groups is 1. The van der Waals surface area contributed by atoms with E-state index in [0.29, 0.717) is 24.4 Å². The van der Waals surface area contributed by atoms with Crippen molar-refractivity contribution in [3.63, 3.8) is 0 Å². The van der Waals surface area contributed by atoms with Crippen molar-refractivity contribution in [1.82, 2.24) is 15.4 Å². The first-order chi connectivity index (χ1) is 17.2. The summed E-state index contributed by atoms with van der Waals surface area (Å²) >= 11 is 0. The first-order valence-corrected chi connectivity index (χ1v) is 11.5. The summed E-state index contributed by atoms with van der Waals surface area (Å²) in [6.45, 7) is 4.44. The highest BCUT2D eigenvalue weighted by atomic mass is 16.5. The van der Waals surface area contributed by atoms with Gasteiger partial charge in [-0.1, -0.05) is 11.2 Å². The number of aryl methyl sites for hydroxylation is 2. The Kier molecular flexibility index (Phi) is 6.95. The van der Waals surface area contributed by atoms with Crippen LogP contribution in [0.3, 0.4) is 0 Å². The Morgan fingerprint density at radius 2 is 2.06 bits per heavy atom. The van der Waals surface area contributed by atoms with Gasteiger partial charge in [0, 0.05) is 31.8 Å². The van der Waals surface area contributed by atoms with Crippen molar-refractivity contribution >= 4 is 41.2 Å². The largest absolute Gasteiger partial charge is 0.368 e. The molecule has 12 nitrogen and oxygen atoms in total. The van der Waals surface area contributed by atoms with E-state index in [0.717, 1.165) is 21.9 Å². The summed E-state index contributed by atoms with van der Waals surface area (Å²) in [5.41, 5.74) is 3.20. The number of nitrogens with zero attached hydrogens (tertiary/aromatic N) is 5. The van der Waals surface area contributed by atoms with Crippen LogP contribution in [0.1, 0.15) is 50.6 Å². The normalized spacial score (nSPS) is 18.2. The maximum atomic E-state index is 13.3. The lowest BCUT2D eigenvalue weighted by Gasteiger charge is -2.28. The maximum absolute atomic E-state index is 13.3. The lowest BCUT2D eigenvalue weighted by atomic mass is 10.0. The molecule has 4 rings (SSSR count). The molecule has 0 spiro atoms. The van der Waals surface area contributed by atoms with E-state index in [2.05, 4.69) is 20.6 Å². The van der Waals surface area contributed by atoms with E-state index in [9.17, 15) is 19.2 Å². The number of fused-ring (bicyclic) bond motifs is 1. The summed E-state index contributed by atoms with van der Waals surface area (Å²) in [7, 11) is 1.74. The Labute approximate surface area is 207 Å². The van der Waals surface area contributed by atoms with E-state index < -0.39 is 29.7 Å². The van der Waals surface area contributed by atoms with Crippen LogP contribution in [0, 0.1) is 13.8 Å². The summed E-state index contributed by atoms with van der Waals surface area (Å²) in [5.74, 6) is 4.13. The van der Waals surface area contributed by atoms with Crippen LogP contribution in [0.25, 0.3) is 0 Å². The van der Waals surface area contributed by atoms with Crippen LogP contribution in [0.4, 0.5) is 5.69 Å². The number of nitrogens with two attached hydrogens (primary N) is 1. The molecule has 1 saturated heterocycles. The van der Waals surface area contributed by atoms with Crippen molar-refractivity contribution in [1.29, 1.82) is 0 Å². The van der Waals surface area contributed by atoms with Gasteiger partial charge in [-0.15, -0.1) is 0 Å². The number of amides is 4. The van der Waals surface area contributed by atoms with Gasteiger partial charge in [-0.3, -0.25) is 34.4 Å². The van der Waals surface area contributed by atoms with Crippen LogP contribution in [-0.2, 0) is 16.0 Å². The predicted octanol–water partition coefficient (Wildman–Crippen LogP) is 0.757. The van der Waals surface area contributed by atoms with Gasteiger partial charge in [0.05, 0.1) is 34.8 Å². The molecule has 0 radical (unpaired) electrons. The summed E-state index contributed by atoms with van der Waals surface area (Å²) in [6.07, 6.45) is 2.38. The average molecular weight is 494 g/mol. The molecule has 0 saturated carbocycles. The SMILES string of the molecule is Cc1noc(C)c1CCN=C/C(CN(C)c1cccc2c1C(=O)N(C1CCC(=O)NC1=O)C2=O)=N\N. The average Bonchev–Trinajstić information content (AvgIpc) is 3.31. The summed E-state index contributed by atoms with van der Waals surface area (Å²) < 4.78 is 5.16. The van der Waals surface area contributed by atoms with Crippen LogP contribution in [0.5, 0.6) is 0 Å². The molecule has 3 heterocycles. The zero-order valence-electron chi connectivity index (χ0n) is 20.3. The van der Waals surface area contributed by atoms with Gasteiger partial charge in [0.2, 0.25) is 11.8 Å². The highest BCUT2D eigenvalue weighted by molar-refractivity contribution is 6.32. The third kappa shape index (κ3) is 4.61. The smallest absolute Gasteiger partial charge is 0.264 e. The number of carbonyl (C=O) groups is 4. The second kappa shape index (κ2) is 10.1. The molecule has 4 amide bonds. The third-order valence-electron chi connectivity index (χ3n) is 6.33. The quantitative estimate of drug-likeness (QED) is 0.235. The molecule has 0 bridgehead atoms. The fourth-order valence-electron chi connectivity index (χ4n) is 4.46. The Morgan fingerprint density at radius 3 is 2.72 bits per heavy atom. The van der Waals surface area contributed by atoms with E-state index in [1.807, 2.05) is 13.8 Å². The zero-order valence-corrected chi connectivity index (χ0v) is 20.3. The number of imide groups is 2. The molecule has 0 aliphatic carbocycles. The van der Waals surface area contributed by atoms with Crippen LogP contribution in [0.15, 0.2) is 32.8 Å². The van der Waals surface area contributed by atoms with E-state index in [1.54, 1.807) is 36.4 Å². The second-order valence-corrected chi connectivity index (χ2v) is 8.71. The van der Waals surface area contributed by atoms with Gasteiger partial charge in [-0.25, -0.2) is 0 Å². The first-order valence-electron chi connectivity index (χ1n) is 11.5. The van der Waals surface area contributed by atoms with Crippen molar-refractivity contribution in [2.75, 3.05) is 25.0 Å². The Hall–Kier alpha value is -4.35. The van der Waals surface area contributed by atoms with Crippen LogP contribution in [-0.4, -0.2) is 71.8 Å². The fourth-order valence-corrected chi connectivity index (χ4v) is 4.46. The monoisotopic (exact) mass is 493 g/mol. The number of aromatic nitrogens is 1. The highest BCUT2D eigenvalue weighted by Gasteiger charge is 2.45. The molecule has 2 aromatic rings. The Bertz CT molecular complexity index is 1280. The minimum atomic E-state index is -1.03. The molecule has 1 atom stereocenters. The van der Waals surface area contributed by atoms with Crippen molar-refractivity contribution in [2.45, 2.75) is 39.2 Å². The number of nitrogens with one attached hydrogen (secondary N) is 1. The number of piperidine rings is 1. The minimum Gasteiger partial charge on any atom is -0.368 e. The second-order valence-electron chi connectivity index (χ2n) is 8.71. The highest BCUT2D eigenvalue weighted by Crippen LogP contribution is 2.33. The van der Waals surface area contributed by atoms with Crippen molar-refractivity contribution in [3.05, 3.63) is 46.3 Å². The zero-order chi connectivity index (χ0) is 26.0. The third-order valence-corrected chi connectivity index (χ3v) is 6.33. The summed E-state index contributed by atoms with van der Waals surface area (Å²) in [6, 6.07) is 3.90. The number of hydrazone groups is 1. The lowest BCUT2D eigenvalue weighted by Crippen LogP contribution is -2.54. The number of rotatable bonds is 8. The molecule has 1 aromatic heterocycles. The number of hydrogen-bond donors (Lipinski definition) is 2. The van der Waals surface area contributed by atoms with E-state index in [1.165, 1.54) is 0 Å². The molecule has 3 N–H and O–H groups in total. The number of benzene rings is 1. The van der Waals surface area contributed by atoms with Crippen molar-refractivity contribution in [3.8, 4) is 0 Å². The molecule has 1 fully saturated rings. The van der Waals surface area contributed by atoms with Crippen LogP contribution in [0.2, 0.25) is 0 Å². The molecule has 1 unspecified atom stereocenters. The molecule has 2 aliphatic rings.